The maximum atomic E-state index is 6.03. The van der Waals surface area contributed by atoms with Crippen LogP contribution in [0.25, 0.3) is 11.0 Å². The molecule has 2 aromatic heterocycles. The minimum absolute atomic E-state index is 0.682. The number of nitrogens with one attached hydrogen (secondary N) is 1. The fraction of sp³-hybridized carbons (Fsp3) is 0.400. The second-order valence-corrected chi connectivity index (χ2v) is 7.50. The molecule has 0 spiro atoms. The molecule has 1 fully saturated rings. The van der Waals surface area contributed by atoms with Crippen LogP contribution in [0.3, 0.4) is 0 Å². The molecule has 0 amide bonds. The van der Waals surface area contributed by atoms with Gasteiger partial charge in [0.1, 0.15) is 12.4 Å². The molecule has 0 atom stereocenters. The predicted molar refractivity (Wildman–Crippen MR) is 107 cm³/mol. The van der Waals surface area contributed by atoms with Crippen LogP contribution in [0.4, 0.5) is 0 Å². The zero-order chi connectivity index (χ0) is 18.5. The Morgan fingerprint density at radius 3 is 2.93 bits per heavy atom. The quantitative estimate of drug-likeness (QED) is 0.631. The van der Waals surface area contributed by atoms with E-state index in [1.165, 1.54) is 0 Å². The number of aromatic amines is 1. The normalized spacial score (nSPS) is 15.3. The number of morpholine rings is 1. The van der Waals surface area contributed by atoms with Crippen molar-refractivity contribution in [3.05, 3.63) is 47.8 Å². The van der Waals surface area contributed by atoms with Gasteiger partial charge in [-0.1, -0.05) is 23.9 Å². The number of para-hydroxylation sites is 2. The number of benzene rings is 1. The maximum absolute atomic E-state index is 6.03. The van der Waals surface area contributed by atoms with Crippen LogP contribution in [0.5, 0.6) is 5.75 Å². The van der Waals surface area contributed by atoms with Gasteiger partial charge in [-0.15, -0.1) is 0 Å². The molecular weight excluding hydrogens is 360 g/mol. The van der Waals surface area contributed by atoms with E-state index >= 15 is 0 Å². The van der Waals surface area contributed by atoms with Crippen LogP contribution in [0.2, 0.25) is 0 Å². The first-order valence-corrected chi connectivity index (χ1v) is 10.2. The van der Waals surface area contributed by atoms with Crippen molar-refractivity contribution in [1.82, 2.24) is 19.9 Å². The fourth-order valence-electron chi connectivity index (χ4n) is 3.10. The van der Waals surface area contributed by atoms with Crippen LogP contribution >= 0.6 is 11.8 Å². The van der Waals surface area contributed by atoms with Gasteiger partial charge in [-0.2, -0.15) is 0 Å². The number of fused-ring (bicyclic) bond motifs is 1. The van der Waals surface area contributed by atoms with E-state index in [4.69, 9.17) is 9.47 Å². The minimum Gasteiger partial charge on any atom is -0.492 e. The smallest absolute Gasteiger partial charge is 0.166 e. The van der Waals surface area contributed by atoms with Gasteiger partial charge in [-0.05, 0) is 25.1 Å². The van der Waals surface area contributed by atoms with E-state index in [0.717, 1.165) is 71.8 Å². The number of imidazole rings is 1. The number of H-pyrrole nitrogens is 1. The standard InChI is InChI=1S/C20H24N4O2S/c1-15-18(14-27-20-22-16-4-2-3-5-17(16)23-20)21-7-6-19(15)26-13-10-24-8-11-25-12-9-24/h2-7H,8-14H2,1H3,(H,22,23). The van der Waals surface area contributed by atoms with Crippen molar-refractivity contribution < 1.29 is 9.47 Å². The molecule has 3 heterocycles. The van der Waals surface area contributed by atoms with Gasteiger partial charge in [0.05, 0.1) is 29.9 Å². The SMILES string of the molecule is Cc1c(OCCN2CCOCC2)ccnc1CSc1nc2ccccc2[nH]1. The molecule has 3 aromatic rings. The van der Waals surface area contributed by atoms with E-state index in [2.05, 4.69) is 26.8 Å². The van der Waals surface area contributed by atoms with Crippen molar-refractivity contribution >= 4 is 22.8 Å². The third-order valence-electron chi connectivity index (χ3n) is 4.74. The van der Waals surface area contributed by atoms with E-state index in [1.54, 1.807) is 11.8 Å². The molecule has 7 heteroatoms. The van der Waals surface area contributed by atoms with Crippen LogP contribution in [0, 0.1) is 6.92 Å². The Hall–Kier alpha value is -2.09. The van der Waals surface area contributed by atoms with Crippen LogP contribution in [-0.2, 0) is 10.5 Å². The van der Waals surface area contributed by atoms with E-state index in [0.29, 0.717) is 6.61 Å². The van der Waals surface area contributed by atoms with Gasteiger partial charge in [-0.25, -0.2) is 4.98 Å². The average molecular weight is 385 g/mol. The molecule has 4 rings (SSSR count). The summed E-state index contributed by atoms with van der Waals surface area (Å²) in [5, 5.41) is 0.913. The first kappa shape index (κ1) is 18.3. The summed E-state index contributed by atoms with van der Waals surface area (Å²) in [7, 11) is 0. The molecule has 0 bridgehead atoms. The number of pyridine rings is 1. The number of hydrogen-bond acceptors (Lipinski definition) is 6. The van der Waals surface area contributed by atoms with Crippen LogP contribution in [0.15, 0.2) is 41.7 Å². The molecular formula is C20H24N4O2S. The summed E-state index contributed by atoms with van der Waals surface area (Å²) < 4.78 is 11.4. The van der Waals surface area contributed by atoms with Gasteiger partial charge in [0.15, 0.2) is 5.16 Å². The van der Waals surface area contributed by atoms with Gasteiger partial charge in [0.25, 0.3) is 0 Å². The van der Waals surface area contributed by atoms with E-state index in [-0.39, 0.29) is 0 Å². The lowest BCUT2D eigenvalue weighted by Gasteiger charge is -2.26. The van der Waals surface area contributed by atoms with Crippen molar-refractivity contribution in [3.63, 3.8) is 0 Å². The number of ether oxygens (including phenoxy) is 2. The summed E-state index contributed by atoms with van der Waals surface area (Å²) in [6, 6.07) is 10.0. The second-order valence-electron chi connectivity index (χ2n) is 6.53. The molecule has 1 aliphatic heterocycles. The summed E-state index contributed by atoms with van der Waals surface area (Å²) in [6.45, 7) is 7.28. The molecule has 1 saturated heterocycles. The largest absolute Gasteiger partial charge is 0.492 e. The minimum atomic E-state index is 0.682. The third kappa shape index (κ3) is 4.61. The highest BCUT2D eigenvalue weighted by Gasteiger charge is 2.12. The zero-order valence-electron chi connectivity index (χ0n) is 15.5. The van der Waals surface area contributed by atoms with Crippen LogP contribution in [-0.4, -0.2) is 59.3 Å². The molecule has 1 aliphatic rings. The van der Waals surface area contributed by atoms with E-state index in [9.17, 15) is 0 Å². The molecule has 27 heavy (non-hydrogen) atoms. The molecule has 0 radical (unpaired) electrons. The first-order chi connectivity index (χ1) is 13.3. The van der Waals surface area contributed by atoms with Crippen molar-refractivity contribution in [2.45, 2.75) is 17.8 Å². The predicted octanol–water partition coefficient (Wildman–Crippen LogP) is 3.27. The highest BCUT2D eigenvalue weighted by Crippen LogP contribution is 2.27. The van der Waals surface area contributed by atoms with Crippen molar-refractivity contribution in [2.75, 3.05) is 39.5 Å². The average Bonchev–Trinajstić information content (AvgIpc) is 3.12. The zero-order valence-corrected chi connectivity index (χ0v) is 16.3. The van der Waals surface area contributed by atoms with Crippen molar-refractivity contribution in [1.29, 1.82) is 0 Å². The van der Waals surface area contributed by atoms with Gasteiger partial charge in [-0.3, -0.25) is 9.88 Å². The van der Waals surface area contributed by atoms with Crippen LogP contribution in [0.1, 0.15) is 11.3 Å². The number of rotatable bonds is 7. The number of thioether (sulfide) groups is 1. The fourth-order valence-corrected chi connectivity index (χ4v) is 4.01. The summed E-state index contributed by atoms with van der Waals surface area (Å²) in [4.78, 5) is 14.9. The summed E-state index contributed by atoms with van der Waals surface area (Å²) in [5.74, 6) is 1.67. The Labute approximate surface area is 163 Å². The third-order valence-corrected chi connectivity index (χ3v) is 5.63. The lowest BCUT2D eigenvalue weighted by atomic mass is 10.2. The summed E-state index contributed by atoms with van der Waals surface area (Å²) >= 11 is 1.66. The van der Waals surface area contributed by atoms with E-state index < -0.39 is 0 Å². The van der Waals surface area contributed by atoms with Crippen LogP contribution < -0.4 is 4.74 Å². The molecule has 0 aliphatic carbocycles. The maximum Gasteiger partial charge on any atom is 0.166 e. The first-order valence-electron chi connectivity index (χ1n) is 9.24. The molecule has 0 saturated carbocycles. The van der Waals surface area contributed by atoms with Gasteiger partial charge < -0.3 is 14.5 Å². The topological polar surface area (TPSA) is 63.3 Å². The number of nitrogens with zero attached hydrogens (tertiary/aromatic N) is 3. The Bertz CT molecular complexity index is 860. The molecule has 0 unspecified atom stereocenters. The Morgan fingerprint density at radius 1 is 1.22 bits per heavy atom. The lowest BCUT2D eigenvalue weighted by molar-refractivity contribution is 0.0322. The molecule has 6 nitrogen and oxygen atoms in total. The number of aromatic nitrogens is 3. The Balaban J connectivity index is 1.34. The summed E-state index contributed by atoms with van der Waals surface area (Å²) in [6.07, 6.45) is 1.82. The highest BCUT2D eigenvalue weighted by atomic mass is 32.2. The molecule has 1 aromatic carbocycles. The summed E-state index contributed by atoms with van der Waals surface area (Å²) in [5.41, 5.74) is 4.18. The molecule has 1 N–H and O–H groups in total. The van der Waals surface area contributed by atoms with Gasteiger partial charge in [0.2, 0.25) is 0 Å². The van der Waals surface area contributed by atoms with Crippen molar-refractivity contribution in [2.24, 2.45) is 0 Å². The van der Waals surface area contributed by atoms with Crippen molar-refractivity contribution in [3.8, 4) is 5.75 Å². The molecule has 142 valence electrons. The monoisotopic (exact) mass is 384 g/mol. The number of hydrogen-bond donors (Lipinski definition) is 1. The van der Waals surface area contributed by atoms with E-state index in [1.807, 2.05) is 36.5 Å². The van der Waals surface area contributed by atoms with Gasteiger partial charge >= 0.3 is 0 Å². The second kappa shape index (κ2) is 8.73. The van der Waals surface area contributed by atoms with Gasteiger partial charge in [0, 0.05) is 37.1 Å². The lowest BCUT2D eigenvalue weighted by Crippen LogP contribution is -2.38. The Morgan fingerprint density at radius 2 is 2.07 bits per heavy atom. The highest BCUT2D eigenvalue weighted by molar-refractivity contribution is 7.98. The Kier molecular flexibility index (Phi) is 5.91.